The molecule has 2 amide bonds. The van der Waals surface area contributed by atoms with Crippen molar-refractivity contribution in [3.05, 3.63) is 95.6 Å². The van der Waals surface area contributed by atoms with E-state index in [4.69, 9.17) is 0 Å². The molecule has 0 aromatic heterocycles. The Hall–Kier alpha value is -3.91. The fourth-order valence-electron chi connectivity index (χ4n) is 3.64. The van der Waals surface area contributed by atoms with Crippen LogP contribution in [0.3, 0.4) is 0 Å². The zero-order valence-corrected chi connectivity index (χ0v) is 21.4. The molecule has 3 aromatic carbocycles. The van der Waals surface area contributed by atoms with Crippen LogP contribution in [0.15, 0.2) is 83.8 Å². The molecule has 3 N–H and O–H groups in total. The van der Waals surface area contributed by atoms with Crippen molar-refractivity contribution in [2.24, 2.45) is 0 Å². The van der Waals surface area contributed by atoms with Gasteiger partial charge in [0.2, 0.25) is 0 Å². The number of hydrogen-bond acceptors (Lipinski definition) is 5. The molecule has 214 valence electrons. The molecule has 0 aliphatic heterocycles. The van der Waals surface area contributed by atoms with Gasteiger partial charge in [0.1, 0.15) is 6.04 Å². The number of alkyl halides is 6. The predicted octanol–water partition coefficient (Wildman–Crippen LogP) is 4.90. The van der Waals surface area contributed by atoms with E-state index in [1.807, 2.05) is 0 Å². The highest BCUT2D eigenvalue weighted by Gasteiger charge is 2.71. The zero-order valence-electron chi connectivity index (χ0n) is 20.5. The molecule has 0 fully saturated rings. The van der Waals surface area contributed by atoms with E-state index < -0.39 is 51.2 Å². The number of halogens is 6. The maximum Gasteiger partial charge on any atom is 0.430 e. The molecule has 7 nitrogen and oxygen atoms in total. The minimum atomic E-state index is -6.08. The topological polar surface area (TPSA) is 113 Å². The third-order valence-electron chi connectivity index (χ3n) is 5.92. The first-order chi connectivity index (χ1) is 18.5. The van der Waals surface area contributed by atoms with Gasteiger partial charge in [-0.05, 0) is 42.0 Å². The minimum absolute atomic E-state index is 0.0373. The molecule has 3 aromatic rings. The van der Waals surface area contributed by atoms with Crippen LogP contribution in [0.4, 0.5) is 32.0 Å². The average molecular weight is 589 g/mol. The first kappa shape index (κ1) is 30.6. The summed E-state index contributed by atoms with van der Waals surface area (Å²) in [4.78, 5) is 25.9. The maximum atomic E-state index is 13.2. The van der Waals surface area contributed by atoms with Crippen LogP contribution in [0.25, 0.3) is 0 Å². The van der Waals surface area contributed by atoms with E-state index in [9.17, 15) is 49.5 Å². The summed E-state index contributed by atoms with van der Waals surface area (Å²) in [5.74, 6) is -1.82. The molecule has 1 unspecified atom stereocenters. The second kappa shape index (κ2) is 11.3. The van der Waals surface area contributed by atoms with Gasteiger partial charge in [-0.25, -0.2) is 8.42 Å². The Kier molecular flexibility index (Phi) is 8.65. The van der Waals surface area contributed by atoms with E-state index in [2.05, 4.69) is 10.6 Å². The van der Waals surface area contributed by atoms with Crippen LogP contribution in [0.1, 0.15) is 34.5 Å². The number of anilines is 1. The van der Waals surface area contributed by atoms with Crippen molar-refractivity contribution in [1.82, 2.24) is 5.32 Å². The van der Waals surface area contributed by atoms with Crippen molar-refractivity contribution >= 4 is 27.3 Å². The van der Waals surface area contributed by atoms with Crippen LogP contribution in [0, 0.1) is 0 Å². The fraction of sp³-hybridized carbons (Fsp3) is 0.231. The summed E-state index contributed by atoms with van der Waals surface area (Å²) in [7, 11) is -3.58. The zero-order chi connectivity index (χ0) is 29.9. The van der Waals surface area contributed by atoms with Gasteiger partial charge in [0.15, 0.2) is 9.84 Å². The van der Waals surface area contributed by atoms with Gasteiger partial charge in [0.25, 0.3) is 17.4 Å². The van der Waals surface area contributed by atoms with Crippen molar-refractivity contribution in [3.8, 4) is 0 Å². The summed E-state index contributed by atoms with van der Waals surface area (Å²) >= 11 is 0. The fourth-order valence-corrected chi connectivity index (χ4v) is 4.52. The largest absolute Gasteiger partial charge is 0.430 e. The smallest absolute Gasteiger partial charge is 0.369 e. The van der Waals surface area contributed by atoms with Crippen LogP contribution in [0.2, 0.25) is 0 Å². The summed E-state index contributed by atoms with van der Waals surface area (Å²) in [6, 6.07) is 13.5. The van der Waals surface area contributed by atoms with Crippen molar-refractivity contribution in [2.75, 3.05) is 11.1 Å². The predicted molar refractivity (Wildman–Crippen MR) is 132 cm³/mol. The van der Waals surface area contributed by atoms with E-state index in [0.29, 0.717) is 12.1 Å². The van der Waals surface area contributed by atoms with Gasteiger partial charge in [0.05, 0.1) is 10.6 Å². The molecule has 0 spiro atoms. The monoisotopic (exact) mass is 588 g/mol. The number of rotatable bonds is 8. The molecule has 0 heterocycles. The molecule has 40 heavy (non-hydrogen) atoms. The highest BCUT2D eigenvalue weighted by Crippen LogP contribution is 2.50. The molecule has 1 atom stereocenters. The molecule has 0 aliphatic rings. The highest BCUT2D eigenvalue weighted by atomic mass is 32.2. The lowest BCUT2D eigenvalue weighted by Gasteiger charge is -2.32. The number of aliphatic hydroxyl groups is 1. The number of nitrogens with one attached hydrogen (secondary N) is 2. The van der Waals surface area contributed by atoms with Crippen molar-refractivity contribution in [3.63, 3.8) is 0 Å². The van der Waals surface area contributed by atoms with Crippen LogP contribution < -0.4 is 10.6 Å². The first-order valence-electron chi connectivity index (χ1n) is 11.5. The third-order valence-corrected chi connectivity index (χ3v) is 7.67. The lowest BCUT2D eigenvalue weighted by molar-refractivity contribution is -0.376. The van der Waals surface area contributed by atoms with Gasteiger partial charge in [0, 0.05) is 16.8 Å². The number of hydrogen-bond donors (Lipinski definition) is 3. The number of carbonyl (C=O) groups excluding carboxylic acids is 2. The molecule has 3 rings (SSSR count). The summed E-state index contributed by atoms with van der Waals surface area (Å²) in [5.41, 5.74) is -6.60. The lowest BCUT2D eigenvalue weighted by atomic mass is 9.92. The summed E-state index contributed by atoms with van der Waals surface area (Å²) in [5, 5.41) is 14.3. The van der Waals surface area contributed by atoms with Gasteiger partial charge < -0.3 is 15.7 Å². The van der Waals surface area contributed by atoms with Gasteiger partial charge >= 0.3 is 12.4 Å². The van der Waals surface area contributed by atoms with Gasteiger partial charge in [-0.2, -0.15) is 26.3 Å². The van der Waals surface area contributed by atoms with E-state index in [1.54, 1.807) is 18.2 Å². The number of carbonyl (C=O) groups is 2. The van der Waals surface area contributed by atoms with E-state index >= 15 is 0 Å². The molecular formula is C26H22F6N2O5S. The Balaban J connectivity index is 1.93. The Morgan fingerprint density at radius 3 is 1.82 bits per heavy atom. The second-order valence-corrected chi connectivity index (χ2v) is 10.8. The standard InChI is InChI=1S/C26H22F6N2O5S/c1-2-40(38,39)20-14-8-16(9-15-20)21(34-22(35)17-6-4-3-5-7-17)23(36)33-19-12-10-18(11-13-19)24(37,25(27,28)29)26(30,31)32/h3-15,21,37H,2H2,1H3,(H,33,36)(H,34,35). The Bertz CT molecular complexity index is 1440. The van der Waals surface area contributed by atoms with Crippen molar-refractivity contribution in [2.45, 2.75) is 35.8 Å². The molecule has 0 radical (unpaired) electrons. The van der Waals surface area contributed by atoms with E-state index in [-0.39, 0.29) is 27.5 Å². The van der Waals surface area contributed by atoms with Gasteiger partial charge in [-0.15, -0.1) is 0 Å². The van der Waals surface area contributed by atoms with Crippen LogP contribution >= 0.6 is 0 Å². The molecule has 0 saturated carbocycles. The van der Waals surface area contributed by atoms with Crippen LogP contribution in [0.5, 0.6) is 0 Å². The first-order valence-corrected chi connectivity index (χ1v) is 13.1. The Morgan fingerprint density at radius 2 is 1.35 bits per heavy atom. The van der Waals surface area contributed by atoms with Gasteiger partial charge in [-0.3, -0.25) is 9.59 Å². The second-order valence-electron chi connectivity index (χ2n) is 8.52. The third kappa shape index (κ3) is 6.28. The molecule has 0 saturated heterocycles. The molecule has 0 aliphatic carbocycles. The highest BCUT2D eigenvalue weighted by molar-refractivity contribution is 7.91. The van der Waals surface area contributed by atoms with Crippen molar-refractivity contribution < 1.29 is 49.5 Å². The Labute approximate surface area is 224 Å². The quantitative estimate of drug-likeness (QED) is 0.324. The maximum absolute atomic E-state index is 13.2. The number of benzene rings is 3. The number of amides is 2. The van der Waals surface area contributed by atoms with Gasteiger partial charge in [-0.1, -0.05) is 49.4 Å². The van der Waals surface area contributed by atoms with Crippen LogP contribution in [-0.2, 0) is 20.2 Å². The normalized spacial score (nSPS) is 13.4. The average Bonchev–Trinajstić information content (AvgIpc) is 2.90. The summed E-state index contributed by atoms with van der Waals surface area (Å²) in [6.07, 6.45) is -12.2. The minimum Gasteiger partial charge on any atom is -0.369 e. The molecule has 0 bridgehead atoms. The van der Waals surface area contributed by atoms with Crippen molar-refractivity contribution in [1.29, 1.82) is 0 Å². The number of sulfone groups is 1. The SMILES string of the molecule is CCS(=O)(=O)c1ccc(C(NC(=O)c2ccccc2)C(=O)Nc2ccc(C(O)(C(F)(F)F)C(F)(F)F)cc2)cc1. The molecule has 14 heteroatoms. The Morgan fingerprint density at radius 1 is 0.825 bits per heavy atom. The van der Waals surface area contributed by atoms with E-state index in [1.165, 1.54) is 43.3 Å². The molecular weight excluding hydrogens is 566 g/mol. The summed E-state index contributed by atoms with van der Waals surface area (Å²) in [6.45, 7) is 1.44. The van der Waals surface area contributed by atoms with E-state index in [0.717, 1.165) is 12.1 Å². The van der Waals surface area contributed by atoms with Crippen LogP contribution in [-0.4, -0.2) is 43.4 Å². The lowest BCUT2D eigenvalue weighted by Crippen LogP contribution is -2.53. The summed E-state index contributed by atoms with van der Waals surface area (Å²) < 4.78 is 103.